The smallest absolute Gasteiger partial charge is 0.344 e. The largest absolute Gasteiger partial charge is 0.352 e. The number of carbonyl (C=O) groups is 1. The van der Waals surface area contributed by atoms with E-state index < -0.39 is 28.7 Å². The number of amides is 1. The van der Waals surface area contributed by atoms with Gasteiger partial charge in [-0.3, -0.25) is 4.79 Å². The van der Waals surface area contributed by atoms with Crippen molar-refractivity contribution < 1.29 is 18.0 Å². The van der Waals surface area contributed by atoms with E-state index in [0.717, 1.165) is 31.6 Å². The van der Waals surface area contributed by atoms with Gasteiger partial charge in [-0.25, -0.2) is 4.39 Å². The summed E-state index contributed by atoms with van der Waals surface area (Å²) in [4.78, 5) is 14.0. The van der Waals surface area contributed by atoms with Crippen molar-refractivity contribution in [3.63, 3.8) is 0 Å². The van der Waals surface area contributed by atoms with Crippen LogP contribution in [0.5, 0.6) is 0 Å². The van der Waals surface area contributed by atoms with Crippen molar-refractivity contribution >= 4 is 5.91 Å². The third kappa shape index (κ3) is 2.77. The van der Waals surface area contributed by atoms with Crippen molar-refractivity contribution in [1.29, 1.82) is 0 Å². The van der Waals surface area contributed by atoms with Crippen LogP contribution in [0.3, 0.4) is 0 Å². The zero-order chi connectivity index (χ0) is 15.1. The highest BCUT2D eigenvalue weighted by Gasteiger charge is 2.51. The predicted molar refractivity (Wildman–Crippen MR) is 71.5 cm³/mol. The molecule has 1 N–H and O–H groups in total. The SMILES string of the molecule is O=C(NC1(CN2CCC2)CC1)C(F)(F)c1ccccc1F. The molecule has 0 bridgehead atoms. The van der Waals surface area contributed by atoms with E-state index in [-0.39, 0.29) is 0 Å². The highest BCUT2D eigenvalue weighted by Crippen LogP contribution is 2.39. The van der Waals surface area contributed by atoms with Gasteiger partial charge in [0.2, 0.25) is 0 Å². The topological polar surface area (TPSA) is 32.3 Å². The lowest BCUT2D eigenvalue weighted by Crippen LogP contribution is -2.53. The molecule has 0 unspecified atom stereocenters. The molecule has 1 saturated heterocycles. The molecule has 21 heavy (non-hydrogen) atoms. The molecule has 2 aliphatic rings. The van der Waals surface area contributed by atoms with Crippen molar-refractivity contribution in [2.24, 2.45) is 0 Å². The molecule has 6 heteroatoms. The molecule has 1 amide bonds. The summed E-state index contributed by atoms with van der Waals surface area (Å²) in [6, 6.07) is 4.50. The van der Waals surface area contributed by atoms with Gasteiger partial charge in [-0.05, 0) is 44.5 Å². The highest BCUT2D eigenvalue weighted by atomic mass is 19.3. The lowest BCUT2D eigenvalue weighted by molar-refractivity contribution is -0.148. The number of carbonyl (C=O) groups excluding carboxylic acids is 1. The van der Waals surface area contributed by atoms with Gasteiger partial charge in [0.1, 0.15) is 5.82 Å². The van der Waals surface area contributed by atoms with Gasteiger partial charge in [0.15, 0.2) is 0 Å². The van der Waals surface area contributed by atoms with Crippen LogP contribution in [-0.4, -0.2) is 36.0 Å². The molecule has 1 aliphatic carbocycles. The Morgan fingerprint density at radius 3 is 2.48 bits per heavy atom. The predicted octanol–water partition coefficient (Wildman–Crippen LogP) is 2.27. The normalized spacial score (nSPS) is 20.7. The zero-order valence-electron chi connectivity index (χ0n) is 11.5. The van der Waals surface area contributed by atoms with Crippen LogP contribution in [0.25, 0.3) is 0 Å². The van der Waals surface area contributed by atoms with E-state index in [1.54, 1.807) is 0 Å². The Bertz CT molecular complexity index is 554. The van der Waals surface area contributed by atoms with Crippen LogP contribution in [0.1, 0.15) is 24.8 Å². The summed E-state index contributed by atoms with van der Waals surface area (Å²) in [6.45, 7) is 2.49. The minimum absolute atomic E-state index is 0.549. The van der Waals surface area contributed by atoms with Gasteiger partial charge < -0.3 is 10.2 Å². The van der Waals surface area contributed by atoms with Crippen molar-refractivity contribution in [2.45, 2.75) is 30.7 Å². The Morgan fingerprint density at radius 1 is 1.29 bits per heavy atom. The van der Waals surface area contributed by atoms with Crippen LogP contribution < -0.4 is 5.32 Å². The van der Waals surface area contributed by atoms with Gasteiger partial charge in [-0.15, -0.1) is 0 Å². The van der Waals surface area contributed by atoms with Crippen LogP contribution in [0.4, 0.5) is 13.2 Å². The third-order valence-electron chi connectivity index (χ3n) is 4.20. The zero-order valence-corrected chi connectivity index (χ0v) is 11.5. The molecule has 3 nitrogen and oxygen atoms in total. The number of nitrogens with one attached hydrogen (secondary N) is 1. The van der Waals surface area contributed by atoms with E-state index in [0.29, 0.717) is 19.4 Å². The summed E-state index contributed by atoms with van der Waals surface area (Å²) < 4.78 is 41.8. The third-order valence-corrected chi connectivity index (χ3v) is 4.20. The van der Waals surface area contributed by atoms with E-state index in [1.807, 2.05) is 0 Å². The summed E-state index contributed by atoms with van der Waals surface area (Å²) in [6.07, 6.45) is 2.50. The first-order valence-corrected chi connectivity index (χ1v) is 7.11. The van der Waals surface area contributed by atoms with Crippen molar-refractivity contribution in [2.75, 3.05) is 19.6 Å². The molecule has 3 rings (SSSR count). The maximum Gasteiger partial charge on any atom is 0.352 e. The fourth-order valence-electron chi connectivity index (χ4n) is 2.60. The van der Waals surface area contributed by atoms with E-state index >= 15 is 0 Å². The molecule has 2 fully saturated rings. The molecular formula is C15H17F3N2O. The van der Waals surface area contributed by atoms with Gasteiger partial charge in [0.05, 0.1) is 11.1 Å². The maximum absolute atomic E-state index is 14.1. The van der Waals surface area contributed by atoms with Crippen LogP contribution >= 0.6 is 0 Å². The first-order valence-electron chi connectivity index (χ1n) is 7.11. The number of benzene rings is 1. The number of hydrogen-bond acceptors (Lipinski definition) is 2. The van der Waals surface area contributed by atoms with Crippen molar-refractivity contribution in [3.05, 3.63) is 35.6 Å². The van der Waals surface area contributed by atoms with Crippen LogP contribution in [-0.2, 0) is 10.7 Å². The lowest BCUT2D eigenvalue weighted by atomic mass is 10.1. The summed E-state index contributed by atoms with van der Waals surface area (Å²) in [7, 11) is 0. The van der Waals surface area contributed by atoms with Gasteiger partial charge in [0.25, 0.3) is 5.91 Å². The van der Waals surface area contributed by atoms with Crippen molar-refractivity contribution in [1.82, 2.24) is 10.2 Å². The minimum Gasteiger partial charge on any atom is -0.344 e. The fraction of sp³-hybridized carbons (Fsp3) is 0.533. The molecule has 1 saturated carbocycles. The number of hydrogen-bond donors (Lipinski definition) is 1. The Morgan fingerprint density at radius 2 is 1.95 bits per heavy atom. The molecule has 114 valence electrons. The number of nitrogens with zero attached hydrogens (tertiary/aromatic N) is 1. The molecular weight excluding hydrogens is 281 g/mol. The number of halogens is 3. The second-order valence-electron chi connectivity index (χ2n) is 5.92. The van der Waals surface area contributed by atoms with Gasteiger partial charge >= 0.3 is 5.92 Å². The highest BCUT2D eigenvalue weighted by molar-refractivity contribution is 5.85. The minimum atomic E-state index is -3.85. The van der Waals surface area contributed by atoms with E-state index in [4.69, 9.17) is 0 Å². The summed E-state index contributed by atoms with van der Waals surface area (Å²) in [5.41, 5.74) is -1.42. The Balaban J connectivity index is 1.71. The lowest BCUT2D eigenvalue weighted by Gasteiger charge is -2.35. The second kappa shape index (κ2) is 5.02. The average Bonchev–Trinajstić information content (AvgIpc) is 3.14. The van der Waals surface area contributed by atoms with E-state index in [1.165, 1.54) is 12.1 Å². The first kappa shape index (κ1) is 14.4. The number of likely N-dealkylation sites (tertiary alicyclic amines) is 1. The van der Waals surface area contributed by atoms with Crippen LogP contribution in [0, 0.1) is 5.82 Å². The quantitative estimate of drug-likeness (QED) is 0.904. The standard InChI is InChI=1S/C15H17F3N2O/c16-12-5-2-1-4-11(12)15(17,18)13(21)19-14(6-7-14)10-20-8-3-9-20/h1-2,4-5H,3,6-10H2,(H,19,21). The molecule has 1 heterocycles. The molecule has 1 aromatic carbocycles. The Kier molecular flexibility index (Phi) is 3.43. The van der Waals surface area contributed by atoms with Crippen molar-refractivity contribution in [3.8, 4) is 0 Å². The van der Waals surface area contributed by atoms with Gasteiger partial charge in [-0.1, -0.05) is 12.1 Å². The second-order valence-corrected chi connectivity index (χ2v) is 5.92. The average molecular weight is 298 g/mol. The summed E-state index contributed by atoms with van der Waals surface area (Å²) >= 11 is 0. The van der Waals surface area contributed by atoms with Gasteiger partial charge in [0, 0.05) is 6.54 Å². The fourth-order valence-corrected chi connectivity index (χ4v) is 2.60. The summed E-state index contributed by atoms with van der Waals surface area (Å²) in [5, 5.41) is 2.44. The molecule has 1 aromatic rings. The van der Waals surface area contributed by atoms with Crippen LogP contribution in [0.2, 0.25) is 0 Å². The summed E-state index contributed by atoms with van der Waals surface area (Å²) in [5.74, 6) is -6.33. The molecule has 0 aromatic heterocycles. The van der Waals surface area contributed by atoms with Gasteiger partial charge in [-0.2, -0.15) is 8.78 Å². The van der Waals surface area contributed by atoms with Crippen LogP contribution in [0.15, 0.2) is 24.3 Å². The number of alkyl halides is 2. The molecule has 0 radical (unpaired) electrons. The first-order chi connectivity index (χ1) is 9.93. The Hall–Kier alpha value is -1.56. The monoisotopic (exact) mass is 298 g/mol. The maximum atomic E-state index is 14.1. The molecule has 0 spiro atoms. The Labute approximate surface area is 121 Å². The van der Waals surface area contributed by atoms with E-state index in [2.05, 4.69) is 10.2 Å². The number of rotatable bonds is 5. The molecule has 0 atom stereocenters. The van der Waals surface area contributed by atoms with E-state index in [9.17, 15) is 18.0 Å². The molecule has 1 aliphatic heterocycles.